The third-order valence-corrected chi connectivity index (χ3v) is 3.22. The van der Waals surface area contributed by atoms with E-state index in [4.69, 9.17) is 0 Å². The molecule has 128 valence electrons. The molecule has 2 aromatic rings. The highest BCUT2D eigenvalue weighted by Gasteiger charge is 2.22. The van der Waals surface area contributed by atoms with Gasteiger partial charge in [-0.15, -0.1) is 0 Å². The summed E-state index contributed by atoms with van der Waals surface area (Å²) >= 11 is 0. The van der Waals surface area contributed by atoms with Gasteiger partial charge in [0.05, 0.1) is 18.3 Å². The van der Waals surface area contributed by atoms with E-state index in [1.165, 1.54) is 13.8 Å². The van der Waals surface area contributed by atoms with Crippen molar-refractivity contribution < 1.29 is 27.8 Å². The molecule has 0 aliphatic rings. The molecule has 7 heteroatoms. The third-order valence-electron chi connectivity index (χ3n) is 3.22. The molecule has 1 aromatic carbocycles. The fourth-order valence-corrected chi connectivity index (χ4v) is 2.29. The zero-order valence-corrected chi connectivity index (χ0v) is 13.4. The predicted octanol–water partition coefficient (Wildman–Crippen LogP) is 3.27. The maximum atomic E-state index is 14.3. The number of pyridine rings is 1. The molecule has 2 rings (SSSR count). The van der Waals surface area contributed by atoms with Gasteiger partial charge in [-0.1, -0.05) is 0 Å². The second-order valence-electron chi connectivity index (χ2n) is 5.94. The topological polar surface area (TPSA) is 59.4 Å². The Morgan fingerprint density at radius 2 is 1.75 bits per heavy atom. The number of carbonyl (C=O) groups is 1. The van der Waals surface area contributed by atoms with Crippen molar-refractivity contribution in [1.29, 1.82) is 0 Å². The summed E-state index contributed by atoms with van der Waals surface area (Å²) in [5.74, 6) is -3.91. The summed E-state index contributed by atoms with van der Waals surface area (Å²) in [6, 6.07) is 3.95. The summed E-state index contributed by atoms with van der Waals surface area (Å²) in [5, 5.41) is 9.74. The van der Waals surface area contributed by atoms with Crippen molar-refractivity contribution in [2.24, 2.45) is 0 Å². The molecule has 0 amide bonds. The number of hydrogen-bond acceptors (Lipinski definition) is 4. The van der Waals surface area contributed by atoms with E-state index in [9.17, 15) is 23.1 Å². The molecule has 0 unspecified atom stereocenters. The first-order chi connectivity index (χ1) is 11.1. The largest absolute Gasteiger partial charge is 0.464 e. The fourth-order valence-electron chi connectivity index (χ4n) is 2.29. The summed E-state index contributed by atoms with van der Waals surface area (Å²) in [6.07, 6.45) is 0.0131. The smallest absolute Gasteiger partial charge is 0.356 e. The number of carbonyl (C=O) groups excluding carboxylic acids is 1. The lowest BCUT2D eigenvalue weighted by Crippen LogP contribution is -2.22. The number of methoxy groups -OCH3 is 1. The first kappa shape index (κ1) is 17.9. The summed E-state index contributed by atoms with van der Waals surface area (Å²) in [4.78, 5) is 15.1. The molecule has 0 fully saturated rings. The lowest BCUT2D eigenvalue weighted by atomic mass is 9.96. The molecular weight excluding hydrogens is 323 g/mol. The highest BCUT2D eigenvalue weighted by Crippen LogP contribution is 2.29. The molecule has 1 N–H and O–H groups in total. The van der Waals surface area contributed by atoms with Crippen LogP contribution >= 0.6 is 0 Å². The molecule has 0 aliphatic carbocycles. The number of aliphatic hydroxyl groups is 1. The van der Waals surface area contributed by atoms with Gasteiger partial charge in [-0.2, -0.15) is 0 Å². The van der Waals surface area contributed by atoms with Gasteiger partial charge in [0.1, 0.15) is 28.8 Å². The Labute approximate surface area is 136 Å². The van der Waals surface area contributed by atoms with E-state index < -0.39 is 40.3 Å². The number of halogens is 3. The molecule has 1 aromatic heterocycles. The van der Waals surface area contributed by atoms with Gasteiger partial charge in [0.25, 0.3) is 0 Å². The molecule has 0 spiro atoms. The van der Waals surface area contributed by atoms with Crippen LogP contribution in [0.2, 0.25) is 0 Å². The molecular formula is C17H16F3NO3. The molecule has 0 radical (unpaired) electrons. The van der Waals surface area contributed by atoms with Gasteiger partial charge in [0.2, 0.25) is 0 Å². The lowest BCUT2D eigenvalue weighted by Gasteiger charge is -2.17. The van der Waals surface area contributed by atoms with Gasteiger partial charge in [-0.3, -0.25) is 0 Å². The van der Waals surface area contributed by atoms with Crippen molar-refractivity contribution in [2.45, 2.75) is 25.9 Å². The Morgan fingerprint density at radius 1 is 1.17 bits per heavy atom. The Kier molecular flexibility index (Phi) is 4.94. The Hall–Kier alpha value is -2.41. The van der Waals surface area contributed by atoms with E-state index in [0.29, 0.717) is 0 Å². The van der Waals surface area contributed by atoms with E-state index in [0.717, 1.165) is 31.4 Å². The molecule has 0 saturated heterocycles. The number of hydrogen-bond donors (Lipinski definition) is 1. The minimum atomic E-state index is -1.16. The zero-order valence-electron chi connectivity index (χ0n) is 13.4. The van der Waals surface area contributed by atoms with Gasteiger partial charge in [0.15, 0.2) is 0 Å². The third kappa shape index (κ3) is 3.91. The van der Waals surface area contributed by atoms with Crippen LogP contribution in [0.25, 0.3) is 11.3 Å². The van der Waals surface area contributed by atoms with Crippen LogP contribution < -0.4 is 0 Å². The van der Waals surface area contributed by atoms with Gasteiger partial charge in [-0.25, -0.2) is 22.9 Å². The van der Waals surface area contributed by atoms with Crippen LogP contribution in [0.1, 0.15) is 29.9 Å². The van der Waals surface area contributed by atoms with Crippen LogP contribution in [-0.2, 0) is 11.2 Å². The van der Waals surface area contributed by atoms with Crippen LogP contribution in [0.4, 0.5) is 13.2 Å². The Morgan fingerprint density at radius 3 is 2.25 bits per heavy atom. The minimum Gasteiger partial charge on any atom is -0.464 e. The SMILES string of the molecule is COC(=O)c1ccc(F)c(-c2c(F)cc(CC(C)(C)O)cc2F)n1. The van der Waals surface area contributed by atoms with E-state index in [-0.39, 0.29) is 17.7 Å². The zero-order chi connectivity index (χ0) is 18.1. The number of nitrogens with zero attached hydrogens (tertiary/aromatic N) is 1. The second kappa shape index (κ2) is 6.60. The van der Waals surface area contributed by atoms with Gasteiger partial charge >= 0.3 is 5.97 Å². The maximum absolute atomic E-state index is 14.3. The lowest BCUT2D eigenvalue weighted by molar-refractivity contribution is 0.0593. The second-order valence-corrected chi connectivity index (χ2v) is 5.94. The molecule has 0 aliphatic heterocycles. The van der Waals surface area contributed by atoms with Crippen molar-refractivity contribution in [2.75, 3.05) is 7.11 Å². The van der Waals surface area contributed by atoms with E-state index in [2.05, 4.69) is 9.72 Å². The molecule has 1 heterocycles. The van der Waals surface area contributed by atoms with E-state index in [1.54, 1.807) is 0 Å². The highest BCUT2D eigenvalue weighted by atomic mass is 19.1. The average molecular weight is 339 g/mol. The van der Waals surface area contributed by atoms with Crippen LogP contribution in [0.3, 0.4) is 0 Å². The van der Waals surface area contributed by atoms with Crippen LogP contribution in [0, 0.1) is 17.5 Å². The van der Waals surface area contributed by atoms with Gasteiger partial charge in [-0.05, 0) is 43.7 Å². The van der Waals surface area contributed by atoms with Gasteiger partial charge in [0, 0.05) is 6.42 Å². The van der Waals surface area contributed by atoms with Crippen LogP contribution in [-0.4, -0.2) is 28.8 Å². The molecule has 0 saturated carbocycles. The minimum absolute atomic E-state index is 0.0131. The number of rotatable bonds is 4. The van der Waals surface area contributed by atoms with Crippen molar-refractivity contribution in [3.63, 3.8) is 0 Å². The van der Waals surface area contributed by atoms with E-state index >= 15 is 0 Å². The quantitative estimate of drug-likeness (QED) is 0.869. The van der Waals surface area contributed by atoms with Crippen LogP contribution in [0.15, 0.2) is 24.3 Å². The van der Waals surface area contributed by atoms with Crippen molar-refractivity contribution >= 4 is 5.97 Å². The highest BCUT2D eigenvalue weighted by molar-refractivity contribution is 5.87. The monoisotopic (exact) mass is 339 g/mol. The molecule has 0 atom stereocenters. The average Bonchev–Trinajstić information content (AvgIpc) is 2.45. The summed E-state index contributed by atoms with van der Waals surface area (Å²) in [5.41, 5.74) is -2.52. The first-order valence-electron chi connectivity index (χ1n) is 7.08. The maximum Gasteiger partial charge on any atom is 0.356 e. The fraction of sp³-hybridized carbons (Fsp3) is 0.294. The van der Waals surface area contributed by atoms with E-state index in [1.807, 2.05) is 0 Å². The number of esters is 1. The van der Waals surface area contributed by atoms with Crippen molar-refractivity contribution in [3.8, 4) is 11.3 Å². The van der Waals surface area contributed by atoms with Crippen molar-refractivity contribution in [1.82, 2.24) is 4.98 Å². The molecule has 4 nitrogen and oxygen atoms in total. The molecule has 24 heavy (non-hydrogen) atoms. The number of benzene rings is 1. The number of aromatic nitrogens is 1. The summed E-state index contributed by atoms with van der Waals surface area (Å²) in [7, 11) is 1.11. The van der Waals surface area contributed by atoms with Crippen LogP contribution in [0.5, 0.6) is 0 Å². The first-order valence-corrected chi connectivity index (χ1v) is 7.08. The van der Waals surface area contributed by atoms with Gasteiger partial charge < -0.3 is 9.84 Å². The normalized spacial score (nSPS) is 11.5. The standard InChI is InChI=1S/C17H16F3NO3/c1-17(2,23)8-9-6-11(19)14(12(20)7-9)15-10(18)4-5-13(21-15)16(22)24-3/h4-7,23H,8H2,1-3H3. The number of ether oxygens (including phenoxy) is 1. The Balaban J connectivity index is 2.55. The van der Waals surface area contributed by atoms with Crippen molar-refractivity contribution in [3.05, 3.63) is 53.0 Å². The molecule has 0 bridgehead atoms. The summed E-state index contributed by atoms with van der Waals surface area (Å²) < 4.78 is 47.1. The predicted molar refractivity (Wildman–Crippen MR) is 80.9 cm³/mol. The Bertz CT molecular complexity index is 762. The summed E-state index contributed by atoms with van der Waals surface area (Å²) in [6.45, 7) is 3.00.